The fraction of sp³-hybridized carbons (Fsp3) is 0.533. The monoisotopic (exact) mass is 422 g/mol. The van der Waals surface area contributed by atoms with E-state index in [4.69, 9.17) is 4.84 Å². The SMILES string of the molecule is CON(C)C(=O)[C@@H](NS(=O)(=O)C(C)(C)C)[C@H](O)c1ccc(Br)cc1. The molecule has 0 unspecified atom stereocenters. The Kier molecular flexibility index (Phi) is 6.94. The number of amides is 1. The third kappa shape index (κ3) is 5.00. The van der Waals surface area contributed by atoms with E-state index in [1.54, 1.807) is 24.3 Å². The quantitative estimate of drug-likeness (QED) is 0.678. The van der Waals surface area contributed by atoms with Crippen LogP contribution in [0.25, 0.3) is 0 Å². The number of benzene rings is 1. The predicted octanol–water partition coefficient (Wildman–Crippen LogP) is 1.59. The van der Waals surface area contributed by atoms with Gasteiger partial charge in [0.05, 0.1) is 11.9 Å². The lowest BCUT2D eigenvalue weighted by molar-refractivity contribution is -0.173. The van der Waals surface area contributed by atoms with Crippen LogP contribution in [0.2, 0.25) is 0 Å². The van der Waals surface area contributed by atoms with Gasteiger partial charge in [-0.15, -0.1) is 0 Å². The molecule has 9 heteroatoms. The van der Waals surface area contributed by atoms with Gasteiger partial charge in [-0.2, -0.15) is 4.72 Å². The van der Waals surface area contributed by atoms with E-state index < -0.39 is 32.8 Å². The molecular formula is C15H23BrN2O5S. The molecule has 136 valence electrons. The molecular weight excluding hydrogens is 400 g/mol. The molecule has 0 aliphatic rings. The molecule has 0 aromatic heterocycles. The summed E-state index contributed by atoms with van der Waals surface area (Å²) in [5.41, 5.74) is 0.401. The Labute approximate surface area is 151 Å². The van der Waals surface area contributed by atoms with Crippen molar-refractivity contribution in [3.05, 3.63) is 34.3 Å². The molecule has 1 rings (SSSR count). The molecule has 0 aliphatic carbocycles. The largest absolute Gasteiger partial charge is 0.386 e. The van der Waals surface area contributed by atoms with Crippen LogP contribution in [0.5, 0.6) is 0 Å². The number of aliphatic hydroxyl groups is 1. The molecule has 0 spiro atoms. The number of likely N-dealkylation sites (N-methyl/N-ethyl adjacent to an activating group) is 1. The van der Waals surface area contributed by atoms with Crippen LogP contribution in [0.15, 0.2) is 28.7 Å². The first-order valence-electron chi connectivity index (χ1n) is 7.18. The molecule has 0 saturated carbocycles. The van der Waals surface area contributed by atoms with Crippen LogP contribution < -0.4 is 4.72 Å². The molecule has 7 nitrogen and oxygen atoms in total. The number of aliphatic hydroxyl groups excluding tert-OH is 1. The molecule has 0 heterocycles. The summed E-state index contributed by atoms with van der Waals surface area (Å²) in [5, 5.41) is 11.4. The lowest BCUT2D eigenvalue weighted by Crippen LogP contribution is -2.53. The minimum Gasteiger partial charge on any atom is -0.386 e. The number of halogens is 1. The second-order valence-electron chi connectivity index (χ2n) is 6.23. The van der Waals surface area contributed by atoms with Crippen molar-refractivity contribution in [2.24, 2.45) is 0 Å². The molecule has 0 bridgehead atoms. The molecule has 0 fully saturated rings. The van der Waals surface area contributed by atoms with E-state index in [0.717, 1.165) is 9.54 Å². The number of rotatable bonds is 6. The van der Waals surface area contributed by atoms with Gasteiger partial charge in [-0.25, -0.2) is 13.5 Å². The highest BCUT2D eigenvalue weighted by Gasteiger charge is 2.38. The van der Waals surface area contributed by atoms with Crippen molar-refractivity contribution in [1.82, 2.24) is 9.79 Å². The summed E-state index contributed by atoms with van der Waals surface area (Å²) >= 11 is 3.28. The summed E-state index contributed by atoms with van der Waals surface area (Å²) in [7, 11) is -1.25. The number of sulfonamides is 1. The zero-order chi connectivity index (χ0) is 18.7. The Balaban J connectivity index is 3.23. The zero-order valence-electron chi connectivity index (χ0n) is 14.3. The highest BCUT2D eigenvalue weighted by atomic mass is 79.9. The maximum absolute atomic E-state index is 12.5. The zero-order valence-corrected chi connectivity index (χ0v) is 16.7. The summed E-state index contributed by atoms with van der Waals surface area (Å²) in [6.07, 6.45) is -1.37. The maximum atomic E-state index is 12.5. The van der Waals surface area contributed by atoms with Gasteiger partial charge < -0.3 is 5.11 Å². The average Bonchev–Trinajstić information content (AvgIpc) is 2.50. The van der Waals surface area contributed by atoms with Gasteiger partial charge in [0.2, 0.25) is 10.0 Å². The summed E-state index contributed by atoms with van der Waals surface area (Å²) in [4.78, 5) is 17.3. The third-order valence-electron chi connectivity index (χ3n) is 3.47. The lowest BCUT2D eigenvalue weighted by Gasteiger charge is -2.29. The lowest BCUT2D eigenvalue weighted by atomic mass is 10.0. The Morgan fingerprint density at radius 1 is 1.29 bits per heavy atom. The topological polar surface area (TPSA) is 95.9 Å². The first kappa shape index (κ1) is 21.0. The van der Waals surface area contributed by atoms with E-state index in [2.05, 4.69) is 20.7 Å². The highest BCUT2D eigenvalue weighted by molar-refractivity contribution is 9.10. The molecule has 0 radical (unpaired) electrons. The van der Waals surface area contributed by atoms with Gasteiger partial charge in [0, 0.05) is 11.5 Å². The number of nitrogens with zero attached hydrogens (tertiary/aromatic N) is 1. The number of carbonyl (C=O) groups is 1. The highest BCUT2D eigenvalue weighted by Crippen LogP contribution is 2.23. The number of hydrogen-bond donors (Lipinski definition) is 2. The third-order valence-corrected chi connectivity index (χ3v) is 6.17. The van der Waals surface area contributed by atoms with E-state index in [1.807, 2.05) is 0 Å². The predicted molar refractivity (Wildman–Crippen MR) is 94.5 cm³/mol. The number of carbonyl (C=O) groups excluding carboxylic acids is 1. The van der Waals surface area contributed by atoms with Crippen LogP contribution in [0, 0.1) is 0 Å². The van der Waals surface area contributed by atoms with E-state index in [9.17, 15) is 18.3 Å². The number of hydrogen-bond acceptors (Lipinski definition) is 5. The van der Waals surface area contributed by atoms with Crippen molar-refractivity contribution in [3.63, 3.8) is 0 Å². The fourth-order valence-electron chi connectivity index (χ4n) is 1.73. The normalized spacial score (nSPS) is 15.0. The van der Waals surface area contributed by atoms with Crippen molar-refractivity contribution in [3.8, 4) is 0 Å². The first-order chi connectivity index (χ1) is 10.9. The Hall–Kier alpha value is -1.00. The summed E-state index contributed by atoms with van der Waals surface area (Å²) in [5.74, 6) is -0.708. The molecule has 2 atom stereocenters. The minimum absolute atomic E-state index is 0.401. The van der Waals surface area contributed by atoms with Gasteiger partial charge in [-0.3, -0.25) is 9.63 Å². The van der Waals surface area contributed by atoms with Crippen LogP contribution in [0.3, 0.4) is 0 Å². The van der Waals surface area contributed by atoms with E-state index in [1.165, 1.54) is 34.9 Å². The summed E-state index contributed by atoms with van der Waals surface area (Å²) < 4.78 is 26.8. The van der Waals surface area contributed by atoms with Crippen LogP contribution >= 0.6 is 15.9 Å². The maximum Gasteiger partial charge on any atom is 0.267 e. The van der Waals surface area contributed by atoms with Crippen molar-refractivity contribution in [2.45, 2.75) is 37.7 Å². The molecule has 1 aromatic rings. The van der Waals surface area contributed by atoms with Gasteiger partial charge in [0.15, 0.2) is 0 Å². The van der Waals surface area contributed by atoms with Crippen LogP contribution in [-0.4, -0.2) is 49.4 Å². The second-order valence-corrected chi connectivity index (χ2v) is 9.61. The first-order valence-corrected chi connectivity index (χ1v) is 9.45. The second kappa shape index (κ2) is 7.92. The van der Waals surface area contributed by atoms with Crippen molar-refractivity contribution >= 4 is 31.9 Å². The minimum atomic E-state index is -3.87. The van der Waals surface area contributed by atoms with Crippen LogP contribution in [0.1, 0.15) is 32.4 Å². The smallest absolute Gasteiger partial charge is 0.267 e. The van der Waals surface area contributed by atoms with E-state index in [-0.39, 0.29) is 0 Å². The van der Waals surface area contributed by atoms with Crippen LogP contribution in [-0.2, 0) is 19.7 Å². The van der Waals surface area contributed by atoms with Gasteiger partial charge in [-0.1, -0.05) is 28.1 Å². The molecule has 1 aromatic carbocycles. The molecule has 24 heavy (non-hydrogen) atoms. The number of nitrogens with one attached hydrogen (secondary N) is 1. The van der Waals surface area contributed by atoms with Crippen molar-refractivity contribution in [1.29, 1.82) is 0 Å². The van der Waals surface area contributed by atoms with Gasteiger partial charge in [0.1, 0.15) is 12.1 Å². The Morgan fingerprint density at radius 3 is 2.21 bits per heavy atom. The van der Waals surface area contributed by atoms with Crippen LogP contribution in [0.4, 0.5) is 0 Å². The Bertz CT molecular complexity index is 670. The van der Waals surface area contributed by atoms with E-state index in [0.29, 0.717) is 5.56 Å². The van der Waals surface area contributed by atoms with Gasteiger partial charge in [-0.05, 0) is 38.5 Å². The van der Waals surface area contributed by atoms with Gasteiger partial charge >= 0.3 is 0 Å². The summed E-state index contributed by atoms with van der Waals surface area (Å²) in [6.45, 7) is 4.51. The van der Waals surface area contributed by atoms with E-state index >= 15 is 0 Å². The molecule has 1 amide bonds. The standard InChI is InChI=1S/C15H23BrN2O5S/c1-15(2,3)24(21,22)17-12(14(20)18(4)23-5)13(19)10-6-8-11(16)9-7-10/h6-9,12-13,17,19H,1-5H3/t12-,13+/m0/s1. The Morgan fingerprint density at radius 2 is 1.79 bits per heavy atom. The summed E-state index contributed by atoms with van der Waals surface area (Å²) in [6, 6.07) is 5.18. The fourth-order valence-corrected chi connectivity index (χ4v) is 2.91. The van der Waals surface area contributed by atoms with Crippen molar-refractivity contribution < 1.29 is 23.2 Å². The average molecular weight is 423 g/mol. The molecule has 2 N–H and O–H groups in total. The van der Waals surface area contributed by atoms with Gasteiger partial charge in [0.25, 0.3) is 5.91 Å². The van der Waals surface area contributed by atoms with Crippen molar-refractivity contribution in [2.75, 3.05) is 14.2 Å². The molecule has 0 saturated heterocycles. The molecule has 0 aliphatic heterocycles. The number of hydroxylamine groups is 2.